The maximum atomic E-state index is 12.4. The monoisotopic (exact) mass is 369 g/mol. The van der Waals surface area contributed by atoms with E-state index in [4.69, 9.17) is 9.47 Å². The lowest BCUT2D eigenvalue weighted by molar-refractivity contribution is 0.194. The Morgan fingerprint density at radius 3 is 2.33 bits per heavy atom. The predicted molar refractivity (Wildman–Crippen MR) is 107 cm³/mol. The van der Waals surface area contributed by atoms with Crippen LogP contribution in [0.15, 0.2) is 42.5 Å². The van der Waals surface area contributed by atoms with Crippen molar-refractivity contribution in [3.8, 4) is 11.5 Å². The molecule has 1 aliphatic rings. The lowest BCUT2D eigenvalue weighted by Crippen LogP contribution is -2.51. The Morgan fingerprint density at radius 1 is 1.00 bits per heavy atom. The highest BCUT2D eigenvalue weighted by molar-refractivity contribution is 5.74. The SMILES string of the molecule is COc1ccc(N2CCN(C(=O)NCc3ccc(C)cc3)CC2)c(OC)c1. The van der Waals surface area contributed by atoms with Crippen molar-refractivity contribution < 1.29 is 14.3 Å². The van der Waals surface area contributed by atoms with Crippen molar-refractivity contribution in [3.05, 3.63) is 53.6 Å². The number of urea groups is 1. The van der Waals surface area contributed by atoms with Crippen LogP contribution in [0.3, 0.4) is 0 Å². The highest BCUT2D eigenvalue weighted by Gasteiger charge is 2.23. The highest BCUT2D eigenvalue weighted by atomic mass is 16.5. The topological polar surface area (TPSA) is 54.0 Å². The number of ether oxygens (including phenoxy) is 2. The number of piperazine rings is 1. The van der Waals surface area contributed by atoms with Crippen molar-refractivity contribution in [2.75, 3.05) is 45.3 Å². The molecule has 27 heavy (non-hydrogen) atoms. The van der Waals surface area contributed by atoms with Gasteiger partial charge in [-0.25, -0.2) is 4.79 Å². The fourth-order valence-corrected chi connectivity index (χ4v) is 3.19. The molecule has 2 aromatic carbocycles. The van der Waals surface area contributed by atoms with E-state index in [1.807, 2.05) is 35.2 Å². The number of carbonyl (C=O) groups is 1. The first-order valence-electron chi connectivity index (χ1n) is 9.16. The van der Waals surface area contributed by atoms with E-state index in [0.29, 0.717) is 19.6 Å². The van der Waals surface area contributed by atoms with Crippen LogP contribution in [0.25, 0.3) is 0 Å². The van der Waals surface area contributed by atoms with E-state index < -0.39 is 0 Å². The van der Waals surface area contributed by atoms with Gasteiger partial charge in [0.25, 0.3) is 0 Å². The normalized spacial score (nSPS) is 14.0. The summed E-state index contributed by atoms with van der Waals surface area (Å²) in [5, 5.41) is 3.01. The molecule has 0 radical (unpaired) electrons. The Bertz CT molecular complexity index is 769. The molecule has 1 heterocycles. The summed E-state index contributed by atoms with van der Waals surface area (Å²) in [5.41, 5.74) is 3.35. The third-order valence-corrected chi connectivity index (χ3v) is 4.86. The minimum atomic E-state index is -0.0167. The standard InChI is InChI=1S/C21H27N3O3/c1-16-4-6-17(7-5-16)15-22-21(25)24-12-10-23(11-13-24)19-9-8-18(26-2)14-20(19)27-3/h4-9,14H,10-13,15H2,1-3H3,(H,22,25). The van der Waals surface area contributed by atoms with Gasteiger partial charge in [0.1, 0.15) is 11.5 Å². The zero-order valence-corrected chi connectivity index (χ0v) is 16.2. The summed E-state index contributed by atoms with van der Waals surface area (Å²) in [4.78, 5) is 16.5. The van der Waals surface area contributed by atoms with Crippen molar-refractivity contribution in [1.29, 1.82) is 0 Å². The minimum absolute atomic E-state index is 0.0167. The molecule has 1 fully saturated rings. The number of rotatable bonds is 5. The molecule has 3 rings (SSSR count). The molecule has 0 atom stereocenters. The molecule has 0 saturated carbocycles. The highest BCUT2D eigenvalue weighted by Crippen LogP contribution is 2.32. The second-order valence-electron chi connectivity index (χ2n) is 6.66. The number of amides is 2. The molecular formula is C21H27N3O3. The van der Waals surface area contributed by atoms with E-state index in [1.165, 1.54) is 5.56 Å². The largest absolute Gasteiger partial charge is 0.497 e. The van der Waals surface area contributed by atoms with Gasteiger partial charge in [-0.15, -0.1) is 0 Å². The summed E-state index contributed by atoms with van der Waals surface area (Å²) >= 11 is 0. The molecule has 2 aromatic rings. The van der Waals surface area contributed by atoms with Gasteiger partial charge in [-0.3, -0.25) is 0 Å². The Hall–Kier alpha value is -2.89. The maximum Gasteiger partial charge on any atom is 0.317 e. The second-order valence-corrected chi connectivity index (χ2v) is 6.66. The zero-order chi connectivity index (χ0) is 19.2. The number of benzene rings is 2. The number of hydrogen-bond donors (Lipinski definition) is 1. The average molecular weight is 369 g/mol. The van der Waals surface area contributed by atoms with Gasteiger partial charge in [0.2, 0.25) is 0 Å². The fraction of sp³-hybridized carbons (Fsp3) is 0.381. The van der Waals surface area contributed by atoms with Gasteiger partial charge in [0, 0.05) is 38.8 Å². The summed E-state index contributed by atoms with van der Waals surface area (Å²) < 4.78 is 10.8. The smallest absolute Gasteiger partial charge is 0.317 e. The lowest BCUT2D eigenvalue weighted by Gasteiger charge is -2.36. The Kier molecular flexibility index (Phi) is 6.06. The lowest BCUT2D eigenvalue weighted by atomic mass is 10.1. The summed E-state index contributed by atoms with van der Waals surface area (Å²) in [5.74, 6) is 1.55. The van der Waals surface area contributed by atoms with Gasteiger partial charge >= 0.3 is 6.03 Å². The van der Waals surface area contributed by atoms with E-state index in [0.717, 1.165) is 35.8 Å². The molecular weight excluding hydrogens is 342 g/mol. The predicted octanol–water partition coefficient (Wildman–Crippen LogP) is 3.04. The summed E-state index contributed by atoms with van der Waals surface area (Å²) in [6.07, 6.45) is 0. The van der Waals surface area contributed by atoms with Crippen molar-refractivity contribution in [1.82, 2.24) is 10.2 Å². The van der Waals surface area contributed by atoms with Crippen LogP contribution in [-0.2, 0) is 6.54 Å². The van der Waals surface area contributed by atoms with Gasteiger partial charge in [-0.05, 0) is 24.6 Å². The van der Waals surface area contributed by atoms with Crippen LogP contribution in [0.2, 0.25) is 0 Å². The Balaban J connectivity index is 1.54. The molecule has 144 valence electrons. The molecule has 0 aliphatic carbocycles. The first-order valence-corrected chi connectivity index (χ1v) is 9.16. The van der Waals surface area contributed by atoms with Gasteiger partial charge in [0.15, 0.2) is 0 Å². The second kappa shape index (κ2) is 8.66. The summed E-state index contributed by atoms with van der Waals surface area (Å²) in [6, 6.07) is 14.0. The number of aryl methyl sites for hydroxylation is 1. The number of methoxy groups -OCH3 is 2. The van der Waals surface area contributed by atoms with E-state index >= 15 is 0 Å². The average Bonchev–Trinajstić information content (AvgIpc) is 2.72. The maximum absolute atomic E-state index is 12.4. The molecule has 6 heteroatoms. The van der Waals surface area contributed by atoms with Crippen LogP contribution >= 0.6 is 0 Å². The van der Waals surface area contributed by atoms with Crippen molar-refractivity contribution in [3.63, 3.8) is 0 Å². The molecule has 1 N–H and O–H groups in total. The quantitative estimate of drug-likeness (QED) is 0.880. The molecule has 6 nitrogen and oxygen atoms in total. The van der Waals surface area contributed by atoms with Crippen LogP contribution in [0.4, 0.5) is 10.5 Å². The van der Waals surface area contributed by atoms with Crippen LogP contribution in [0.5, 0.6) is 11.5 Å². The molecule has 1 saturated heterocycles. The molecule has 0 bridgehead atoms. The number of nitrogens with zero attached hydrogens (tertiary/aromatic N) is 2. The van der Waals surface area contributed by atoms with Crippen molar-refractivity contribution >= 4 is 11.7 Å². The first-order chi connectivity index (χ1) is 13.1. The van der Waals surface area contributed by atoms with Gasteiger partial charge in [-0.1, -0.05) is 29.8 Å². The first kappa shape index (κ1) is 18.9. The third kappa shape index (κ3) is 4.64. The minimum Gasteiger partial charge on any atom is -0.497 e. The molecule has 2 amide bonds. The Labute approximate surface area is 160 Å². The van der Waals surface area contributed by atoms with Gasteiger partial charge < -0.3 is 24.6 Å². The van der Waals surface area contributed by atoms with E-state index in [2.05, 4.69) is 29.3 Å². The number of nitrogens with one attached hydrogen (secondary N) is 1. The number of anilines is 1. The molecule has 0 aromatic heterocycles. The third-order valence-electron chi connectivity index (χ3n) is 4.86. The number of hydrogen-bond acceptors (Lipinski definition) is 4. The van der Waals surface area contributed by atoms with Crippen LogP contribution in [0, 0.1) is 6.92 Å². The van der Waals surface area contributed by atoms with Crippen molar-refractivity contribution in [2.45, 2.75) is 13.5 Å². The zero-order valence-electron chi connectivity index (χ0n) is 16.2. The molecule has 1 aliphatic heterocycles. The van der Waals surface area contributed by atoms with Gasteiger partial charge in [0.05, 0.1) is 19.9 Å². The van der Waals surface area contributed by atoms with Crippen molar-refractivity contribution in [2.24, 2.45) is 0 Å². The van der Waals surface area contributed by atoms with Gasteiger partial charge in [-0.2, -0.15) is 0 Å². The van der Waals surface area contributed by atoms with Crippen LogP contribution in [-0.4, -0.2) is 51.3 Å². The molecule has 0 unspecified atom stereocenters. The van der Waals surface area contributed by atoms with Crippen LogP contribution in [0.1, 0.15) is 11.1 Å². The van der Waals surface area contributed by atoms with E-state index in [-0.39, 0.29) is 6.03 Å². The van der Waals surface area contributed by atoms with Crippen LogP contribution < -0.4 is 19.7 Å². The van der Waals surface area contributed by atoms with E-state index in [9.17, 15) is 4.79 Å². The fourth-order valence-electron chi connectivity index (χ4n) is 3.19. The summed E-state index contributed by atoms with van der Waals surface area (Å²) in [7, 11) is 3.30. The number of carbonyl (C=O) groups excluding carboxylic acids is 1. The Morgan fingerprint density at radius 2 is 1.70 bits per heavy atom. The van der Waals surface area contributed by atoms with E-state index in [1.54, 1.807) is 14.2 Å². The molecule has 0 spiro atoms. The summed E-state index contributed by atoms with van der Waals surface area (Å²) in [6.45, 7) is 5.48.